The molecular formula is C11H17F6N6OP. The van der Waals surface area contributed by atoms with E-state index >= 15 is 0 Å². The Morgan fingerprint density at radius 2 is 1.76 bits per heavy atom. The third-order valence-electron chi connectivity index (χ3n) is 2.74. The Labute approximate surface area is 138 Å². The van der Waals surface area contributed by atoms with E-state index in [0.29, 0.717) is 17.0 Å². The van der Waals surface area contributed by atoms with Crippen molar-refractivity contribution < 1.29 is 34.6 Å². The third-order valence-corrected chi connectivity index (χ3v) is 2.74. The number of halogens is 6. The third kappa shape index (κ3) is 7.96. The Morgan fingerprint density at radius 3 is 2.20 bits per heavy atom. The zero-order valence-electron chi connectivity index (χ0n) is 13.7. The molecule has 144 valence electrons. The maximum atomic E-state index is 11.6. The van der Waals surface area contributed by atoms with Crippen molar-refractivity contribution >= 4 is 24.8 Å². The normalized spacial score (nSPS) is 14.2. The summed E-state index contributed by atoms with van der Waals surface area (Å²) in [5, 5.41) is 15.5. The van der Waals surface area contributed by atoms with Crippen LogP contribution < -0.4 is 4.85 Å². The summed E-state index contributed by atoms with van der Waals surface area (Å²) in [5.74, 6) is 1.05. The van der Waals surface area contributed by atoms with Crippen molar-refractivity contribution in [3.8, 4) is 0 Å². The van der Waals surface area contributed by atoms with Crippen LogP contribution in [0.2, 0.25) is 0 Å². The molecule has 0 N–H and O–H groups in total. The van der Waals surface area contributed by atoms with Gasteiger partial charge in [-0.1, -0.05) is 0 Å². The average molecular weight is 394 g/mol. The van der Waals surface area contributed by atoms with Crippen molar-refractivity contribution in [3.63, 3.8) is 0 Å². The van der Waals surface area contributed by atoms with E-state index in [4.69, 9.17) is 0 Å². The van der Waals surface area contributed by atoms with Gasteiger partial charge in [0, 0.05) is 5.21 Å². The van der Waals surface area contributed by atoms with Gasteiger partial charge in [-0.3, -0.25) is 9.48 Å². The van der Waals surface area contributed by atoms with E-state index < -0.39 is 7.81 Å². The SMILES string of the molecule is CN(C)C(Cn1n[n+]([O-])c2ncccc21)=[N+](C)C.F[P-](F)(F)(F)(F)F. The van der Waals surface area contributed by atoms with Crippen LogP contribution in [-0.4, -0.2) is 58.4 Å². The molecule has 0 saturated carbocycles. The molecule has 0 aliphatic heterocycles. The van der Waals surface area contributed by atoms with Gasteiger partial charge < -0.3 is 5.21 Å². The van der Waals surface area contributed by atoms with Gasteiger partial charge in [0.2, 0.25) is 0 Å². The van der Waals surface area contributed by atoms with E-state index in [1.165, 1.54) is 0 Å². The molecule has 2 rings (SSSR count). The summed E-state index contributed by atoms with van der Waals surface area (Å²) in [6, 6.07) is 3.64. The predicted molar refractivity (Wildman–Crippen MR) is 80.9 cm³/mol. The van der Waals surface area contributed by atoms with E-state index in [-0.39, 0.29) is 0 Å². The van der Waals surface area contributed by atoms with Crippen LogP contribution in [0, 0.1) is 5.21 Å². The second-order valence-electron chi connectivity index (χ2n) is 5.43. The minimum atomic E-state index is -10.7. The monoisotopic (exact) mass is 394 g/mol. The zero-order chi connectivity index (χ0) is 19.7. The second kappa shape index (κ2) is 5.97. The Hall–Kier alpha value is -2.17. The maximum absolute atomic E-state index is 11.6. The summed E-state index contributed by atoms with van der Waals surface area (Å²) in [7, 11) is -2.81. The number of nitrogens with zero attached hydrogens (tertiary/aromatic N) is 6. The molecule has 2 heterocycles. The molecule has 14 heteroatoms. The van der Waals surface area contributed by atoms with Gasteiger partial charge >= 0.3 is 38.6 Å². The molecule has 0 atom stereocenters. The summed E-state index contributed by atoms with van der Waals surface area (Å²) >= 11 is 0. The Balaban J connectivity index is 0.000000381. The van der Waals surface area contributed by atoms with Gasteiger partial charge in [0.1, 0.15) is 6.20 Å². The number of amidine groups is 1. The molecule has 0 bridgehead atoms. The summed E-state index contributed by atoms with van der Waals surface area (Å²) < 4.78 is 62.9. The molecule has 0 radical (unpaired) electrons. The molecule has 2 aromatic heterocycles. The van der Waals surface area contributed by atoms with Gasteiger partial charge in [-0.05, 0) is 12.1 Å². The van der Waals surface area contributed by atoms with Gasteiger partial charge in [-0.25, -0.2) is 0 Å². The Kier molecular flexibility index (Phi) is 4.99. The fourth-order valence-electron chi connectivity index (χ4n) is 1.86. The molecule has 0 spiro atoms. The Morgan fingerprint density at radius 1 is 1.24 bits per heavy atom. The number of hydrogen-bond acceptors (Lipinski definition) is 3. The molecular weight excluding hydrogens is 377 g/mol. The minimum absolute atomic E-state index is 0.342. The standard InChI is InChI=1S/C11H17N6O.F6P/c1-14(2)10(15(3)4)8-16-9-6-5-7-12-11(9)17(18)13-16;1-7(2,3,4,5)6/h5-7H,8H2,1-4H3;/q+1;-1. The zero-order valence-corrected chi connectivity index (χ0v) is 14.6. The van der Waals surface area contributed by atoms with Gasteiger partial charge in [-0.2, -0.15) is 4.68 Å². The van der Waals surface area contributed by atoms with E-state index in [9.17, 15) is 30.4 Å². The van der Waals surface area contributed by atoms with E-state index in [2.05, 4.69) is 10.2 Å². The van der Waals surface area contributed by atoms with Crippen molar-refractivity contribution in [2.75, 3.05) is 28.2 Å². The Bertz CT molecular complexity index is 785. The number of rotatable bonds is 2. The van der Waals surface area contributed by atoms with Crippen molar-refractivity contribution in [2.45, 2.75) is 6.54 Å². The van der Waals surface area contributed by atoms with Crippen LogP contribution in [0.5, 0.6) is 0 Å². The second-order valence-corrected chi connectivity index (χ2v) is 7.35. The molecule has 0 aromatic carbocycles. The summed E-state index contributed by atoms with van der Waals surface area (Å²) in [6.45, 7) is 0.525. The average Bonchev–Trinajstić information content (AvgIpc) is 2.69. The van der Waals surface area contributed by atoms with Gasteiger partial charge in [-0.15, -0.1) is 9.83 Å². The van der Waals surface area contributed by atoms with Crippen LogP contribution >= 0.6 is 7.81 Å². The van der Waals surface area contributed by atoms with E-state index in [1.807, 2.05) is 43.7 Å². The molecule has 7 nitrogen and oxygen atoms in total. The van der Waals surface area contributed by atoms with Crippen molar-refractivity contribution in [2.24, 2.45) is 0 Å². The summed E-state index contributed by atoms with van der Waals surface area (Å²) in [6.07, 6.45) is 1.59. The molecule has 2 aromatic rings. The first-order valence-electron chi connectivity index (χ1n) is 6.64. The first-order chi connectivity index (χ1) is 11.0. The number of hydrogen-bond donors (Lipinski definition) is 0. The van der Waals surface area contributed by atoms with Gasteiger partial charge in [0.25, 0.3) is 5.84 Å². The van der Waals surface area contributed by atoms with Crippen molar-refractivity contribution in [3.05, 3.63) is 23.5 Å². The summed E-state index contributed by atoms with van der Waals surface area (Å²) in [4.78, 5) is 6.58. The predicted octanol–water partition coefficient (Wildman–Crippen LogP) is 2.68. The number of aromatic nitrogens is 4. The summed E-state index contributed by atoms with van der Waals surface area (Å²) in [5.41, 5.74) is 1.07. The van der Waals surface area contributed by atoms with E-state index in [1.54, 1.807) is 16.9 Å². The van der Waals surface area contributed by atoms with Crippen molar-refractivity contribution in [1.82, 2.24) is 19.8 Å². The molecule has 0 saturated heterocycles. The quantitative estimate of drug-likeness (QED) is 0.196. The number of pyridine rings is 1. The topological polar surface area (TPSA) is 63.9 Å². The van der Waals surface area contributed by atoms with Crippen LogP contribution in [0.1, 0.15) is 0 Å². The van der Waals surface area contributed by atoms with Crippen molar-refractivity contribution in [1.29, 1.82) is 0 Å². The first kappa shape index (κ1) is 20.9. The molecule has 0 aliphatic rings. The van der Waals surface area contributed by atoms with E-state index in [0.717, 1.165) is 11.4 Å². The number of likely N-dealkylation sites (N-methyl/N-ethyl adjacent to an activating group) is 1. The van der Waals surface area contributed by atoms with Crippen LogP contribution in [0.4, 0.5) is 25.2 Å². The van der Waals surface area contributed by atoms with Gasteiger partial charge in [0.05, 0.1) is 28.2 Å². The molecule has 0 aliphatic carbocycles. The van der Waals surface area contributed by atoms with Crippen LogP contribution in [0.25, 0.3) is 11.2 Å². The first-order valence-corrected chi connectivity index (χ1v) is 8.67. The molecule has 0 fully saturated rings. The molecule has 0 unspecified atom stereocenters. The fourth-order valence-corrected chi connectivity index (χ4v) is 1.86. The van der Waals surface area contributed by atoms with Gasteiger partial charge in [0.15, 0.2) is 12.1 Å². The van der Waals surface area contributed by atoms with Crippen LogP contribution in [0.3, 0.4) is 0 Å². The fraction of sp³-hybridized carbons (Fsp3) is 0.455. The number of fused-ring (bicyclic) bond motifs is 1. The molecule has 0 amide bonds. The van der Waals surface area contributed by atoms with Crippen LogP contribution in [0.15, 0.2) is 18.3 Å². The van der Waals surface area contributed by atoms with Crippen LogP contribution in [-0.2, 0) is 6.54 Å². The molecule has 25 heavy (non-hydrogen) atoms.